The molecular formula is C14H12BrNO3. The number of aryl methyl sites for hydroxylation is 2. The van der Waals surface area contributed by atoms with E-state index < -0.39 is 5.97 Å². The number of carbonyl (C=O) groups excluding carboxylic acids is 1. The number of nitrogens with zero attached hydrogens (tertiary/aromatic N) is 1. The second-order valence-electron chi connectivity index (χ2n) is 4.34. The van der Waals surface area contributed by atoms with Gasteiger partial charge in [-0.25, -0.2) is 4.79 Å². The fourth-order valence-corrected chi connectivity index (χ4v) is 2.30. The van der Waals surface area contributed by atoms with Crippen molar-refractivity contribution in [1.29, 1.82) is 0 Å². The average Bonchev–Trinajstić information content (AvgIpc) is 2.74. The van der Waals surface area contributed by atoms with Gasteiger partial charge in [-0.15, -0.1) is 0 Å². The summed E-state index contributed by atoms with van der Waals surface area (Å²) in [5, 5.41) is 8.99. The van der Waals surface area contributed by atoms with Gasteiger partial charge >= 0.3 is 5.97 Å². The first-order valence-electron chi connectivity index (χ1n) is 5.60. The van der Waals surface area contributed by atoms with E-state index in [4.69, 9.17) is 5.11 Å². The van der Waals surface area contributed by atoms with Crippen LogP contribution in [-0.4, -0.2) is 21.4 Å². The monoisotopic (exact) mass is 321 g/mol. The minimum Gasteiger partial charge on any atom is -0.477 e. The molecule has 0 atom stereocenters. The molecule has 0 aliphatic carbocycles. The summed E-state index contributed by atoms with van der Waals surface area (Å²) in [6.07, 6.45) is 1.53. The fraction of sp³-hybridized carbons (Fsp3) is 0.143. The molecule has 2 aromatic rings. The van der Waals surface area contributed by atoms with Gasteiger partial charge in [0, 0.05) is 28.8 Å². The van der Waals surface area contributed by atoms with Gasteiger partial charge in [-0.3, -0.25) is 4.79 Å². The maximum Gasteiger partial charge on any atom is 0.352 e. The maximum absolute atomic E-state index is 12.4. The van der Waals surface area contributed by atoms with Crippen molar-refractivity contribution in [2.24, 2.45) is 7.05 Å². The predicted molar refractivity (Wildman–Crippen MR) is 74.7 cm³/mol. The van der Waals surface area contributed by atoms with Gasteiger partial charge in [-0.05, 0) is 25.1 Å². The van der Waals surface area contributed by atoms with Gasteiger partial charge in [0.05, 0.1) is 0 Å². The van der Waals surface area contributed by atoms with Crippen molar-refractivity contribution in [3.05, 3.63) is 57.3 Å². The number of rotatable bonds is 3. The van der Waals surface area contributed by atoms with E-state index in [-0.39, 0.29) is 11.5 Å². The number of ketones is 1. The lowest BCUT2D eigenvalue weighted by Gasteiger charge is -2.03. The Morgan fingerprint density at radius 1 is 1.26 bits per heavy atom. The number of aromatic carboxylic acids is 1. The lowest BCUT2D eigenvalue weighted by molar-refractivity contribution is 0.0686. The Morgan fingerprint density at radius 2 is 1.95 bits per heavy atom. The van der Waals surface area contributed by atoms with Crippen LogP contribution >= 0.6 is 15.9 Å². The Morgan fingerprint density at radius 3 is 2.53 bits per heavy atom. The summed E-state index contributed by atoms with van der Waals surface area (Å²) in [6.45, 7) is 1.90. The van der Waals surface area contributed by atoms with Crippen molar-refractivity contribution in [3.63, 3.8) is 0 Å². The van der Waals surface area contributed by atoms with Gasteiger partial charge < -0.3 is 9.67 Å². The Balaban J connectivity index is 2.47. The molecule has 98 valence electrons. The molecule has 5 heteroatoms. The zero-order chi connectivity index (χ0) is 14.2. The molecule has 0 radical (unpaired) electrons. The first-order chi connectivity index (χ1) is 8.90. The molecule has 2 rings (SSSR count). The standard InChI is InChI=1S/C14H12BrNO3/c1-8-3-4-11(15)10(5-8)13(17)9-6-12(14(18)19)16(2)7-9/h3-7H,1-2H3,(H,18,19). The third-order valence-corrected chi connectivity index (χ3v) is 3.54. The van der Waals surface area contributed by atoms with Crippen molar-refractivity contribution in [3.8, 4) is 0 Å². The van der Waals surface area contributed by atoms with Crippen LogP contribution < -0.4 is 0 Å². The van der Waals surface area contributed by atoms with E-state index in [9.17, 15) is 9.59 Å². The molecule has 19 heavy (non-hydrogen) atoms. The van der Waals surface area contributed by atoms with Crippen molar-refractivity contribution < 1.29 is 14.7 Å². The third kappa shape index (κ3) is 2.61. The number of benzene rings is 1. The van der Waals surface area contributed by atoms with E-state index in [1.54, 1.807) is 13.1 Å². The van der Waals surface area contributed by atoms with E-state index in [0.717, 1.165) is 5.56 Å². The van der Waals surface area contributed by atoms with Crippen LogP contribution in [-0.2, 0) is 7.05 Å². The van der Waals surface area contributed by atoms with Crippen LogP contribution in [0.15, 0.2) is 34.9 Å². The summed E-state index contributed by atoms with van der Waals surface area (Å²) in [4.78, 5) is 23.3. The number of hydrogen-bond donors (Lipinski definition) is 1. The van der Waals surface area contributed by atoms with Gasteiger partial charge in [-0.1, -0.05) is 27.6 Å². The summed E-state index contributed by atoms with van der Waals surface area (Å²) >= 11 is 3.34. The van der Waals surface area contributed by atoms with Crippen LogP contribution in [0.1, 0.15) is 32.0 Å². The highest BCUT2D eigenvalue weighted by atomic mass is 79.9. The molecule has 0 spiro atoms. The average molecular weight is 322 g/mol. The number of carbonyl (C=O) groups is 2. The molecular weight excluding hydrogens is 310 g/mol. The van der Waals surface area contributed by atoms with E-state index in [2.05, 4.69) is 15.9 Å². The molecule has 0 aliphatic rings. The lowest BCUT2D eigenvalue weighted by Crippen LogP contribution is -2.02. The SMILES string of the molecule is Cc1ccc(Br)c(C(=O)c2cc(C(=O)O)n(C)c2)c1. The number of hydrogen-bond acceptors (Lipinski definition) is 2. The van der Waals surface area contributed by atoms with E-state index in [1.165, 1.54) is 16.8 Å². The van der Waals surface area contributed by atoms with E-state index >= 15 is 0 Å². The summed E-state index contributed by atoms with van der Waals surface area (Å²) in [5.74, 6) is -1.25. The van der Waals surface area contributed by atoms with Crippen LogP contribution in [0.4, 0.5) is 0 Å². The highest BCUT2D eigenvalue weighted by Gasteiger charge is 2.18. The molecule has 1 aromatic heterocycles. The molecule has 1 heterocycles. The Kier molecular flexibility index (Phi) is 3.57. The van der Waals surface area contributed by atoms with Crippen molar-refractivity contribution in [2.45, 2.75) is 6.92 Å². The number of carboxylic acids is 1. The van der Waals surface area contributed by atoms with Gasteiger partial charge in [-0.2, -0.15) is 0 Å². The normalized spacial score (nSPS) is 10.5. The molecule has 0 saturated carbocycles. The van der Waals surface area contributed by atoms with Gasteiger partial charge in [0.25, 0.3) is 0 Å². The third-order valence-electron chi connectivity index (χ3n) is 2.85. The predicted octanol–water partition coefficient (Wildman–Crippen LogP) is 3.03. The second kappa shape index (κ2) is 5.01. The van der Waals surface area contributed by atoms with Crippen LogP contribution in [0, 0.1) is 6.92 Å². The van der Waals surface area contributed by atoms with Crippen molar-refractivity contribution in [2.75, 3.05) is 0 Å². The molecule has 0 aliphatic heterocycles. The summed E-state index contributed by atoms with van der Waals surface area (Å²) in [6, 6.07) is 6.87. The second-order valence-corrected chi connectivity index (χ2v) is 5.20. The zero-order valence-corrected chi connectivity index (χ0v) is 12.1. The van der Waals surface area contributed by atoms with Crippen LogP contribution in [0.3, 0.4) is 0 Å². The van der Waals surface area contributed by atoms with Gasteiger partial charge in [0.2, 0.25) is 0 Å². The Labute approximate surface area is 118 Å². The summed E-state index contributed by atoms with van der Waals surface area (Å²) < 4.78 is 2.13. The number of halogens is 1. The molecule has 0 unspecified atom stereocenters. The summed E-state index contributed by atoms with van der Waals surface area (Å²) in [5.41, 5.74) is 1.96. The van der Waals surface area contributed by atoms with Crippen molar-refractivity contribution >= 4 is 27.7 Å². The molecule has 0 amide bonds. The van der Waals surface area contributed by atoms with Crippen LogP contribution in [0.2, 0.25) is 0 Å². The molecule has 4 nitrogen and oxygen atoms in total. The van der Waals surface area contributed by atoms with Gasteiger partial charge in [0.1, 0.15) is 5.69 Å². The highest BCUT2D eigenvalue weighted by molar-refractivity contribution is 9.10. The van der Waals surface area contributed by atoms with Gasteiger partial charge in [0.15, 0.2) is 5.78 Å². The molecule has 0 fully saturated rings. The minimum atomic E-state index is -1.05. The van der Waals surface area contributed by atoms with E-state index in [1.807, 2.05) is 19.1 Å². The Hall–Kier alpha value is -1.88. The summed E-state index contributed by atoms with van der Waals surface area (Å²) in [7, 11) is 1.60. The minimum absolute atomic E-state index is 0.0899. The molecule has 1 aromatic carbocycles. The first-order valence-corrected chi connectivity index (χ1v) is 6.40. The topological polar surface area (TPSA) is 59.3 Å². The molecule has 0 bridgehead atoms. The maximum atomic E-state index is 12.4. The van der Waals surface area contributed by atoms with Crippen molar-refractivity contribution in [1.82, 2.24) is 4.57 Å². The Bertz CT molecular complexity index is 673. The smallest absolute Gasteiger partial charge is 0.352 e. The van der Waals surface area contributed by atoms with E-state index in [0.29, 0.717) is 15.6 Å². The quantitative estimate of drug-likeness (QED) is 0.884. The number of carboxylic acid groups (broad SMARTS) is 1. The largest absolute Gasteiger partial charge is 0.477 e. The first kappa shape index (κ1) is 13.5. The lowest BCUT2D eigenvalue weighted by atomic mass is 10.0. The highest BCUT2D eigenvalue weighted by Crippen LogP contribution is 2.22. The number of aromatic nitrogens is 1. The fourth-order valence-electron chi connectivity index (χ4n) is 1.87. The van der Waals surface area contributed by atoms with Crippen LogP contribution in [0.25, 0.3) is 0 Å². The molecule has 0 saturated heterocycles. The zero-order valence-electron chi connectivity index (χ0n) is 10.5. The molecule has 1 N–H and O–H groups in total. The van der Waals surface area contributed by atoms with Crippen LogP contribution in [0.5, 0.6) is 0 Å².